The molecule has 2 rings (SSSR count). The SMILES string of the molecule is COC(=O)[C@@H](Cc1ccc(F)cc1)NC(=O)c1cc(C)cc(C)c1. The molecule has 24 heavy (non-hydrogen) atoms. The van der Waals surface area contributed by atoms with Crippen molar-refractivity contribution in [3.05, 3.63) is 70.5 Å². The number of amides is 1. The molecule has 126 valence electrons. The third kappa shape index (κ3) is 4.65. The number of hydrogen-bond acceptors (Lipinski definition) is 3. The Labute approximate surface area is 140 Å². The molecule has 0 saturated carbocycles. The first-order valence-corrected chi connectivity index (χ1v) is 7.60. The van der Waals surface area contributed by atoms with Gasteiger partial charge in [-0.15, -0.1) is 0 Å². The van der Waals surface area contributed by atoms with Crippen molar-refractivity contribution < 1.29 is 18.7 Å². The number of methoxy groups -OCH3 is 1. The zero-order valence-electron chi connectivity index (χ0n) is 13.9. The molecule has 5 heteroatoms. The topological polar surface area (TPSA) is 55.4 Å². The molecule has 0 fully saturated rings. The van der Waals surface area contributed by atoms with Gasteiger partial charge in [-0.2, -0.15) is 0 Å². The zero-order valence-corrected chi connectivity index (χ0v) is 13.9. The fourth-order valence-corrected chi connectivity index (χ4v) is 2.54. The van der Waals surface area contributed by atoms with E-state index in [2.05, 4.69) is 5.32 Å². The van der Waals surface area contributed by atoms with Crippen molar-refractivity contribution in [2.45, 2.75) is 26.3 Å². The minimum atomic E-state index is -0.839. The minimum Gasteiger partial charge on any atom is -0.467 e. The summed E-state index contributed by atoms with van der Waals surface area (Å²) in [5.41, 5.74) is 3.15. The molecule has 0 saturated heterocycles. The lowest BCUT2D eigenvalue weighted by molar-refractivity contribution is -0.142. The Hall–Kier alpha value is -2.69. The Kier molecular flexibility index (Phi) is 5.68. The molecule has 1 N–H and O–H groups in total. The van der Waals surface area contributed by atoms with Gasteiger partial charge in [-0.3, -0.25) is 4.79 Å². The minimum absolute atomic E-state index is 0.226. The van der Waals surface area contributed by atoms with Crippen molar-refractivity contribution in [1.29, 1.82) is 0 Å². The van der Waals surface area contributed by atoms with E-state index >= 15 is 0 Å². The second kappa shape index (κ2) is 7.73. The molecule has 2 aromatic rings. The second-order valence-electron chi connectivity index (χ2n) is 5.76. The molecule has 4 nitrogen and oxygen atoms in total. The number of ether oxygens (including phenoxy) is 1. The highest BCUT2D eigenvalue weighted by Crippen LogP contribution is 2.11. The number of carbonyl (C=O) groups excluding carboxylic acids is 2. The summed E-state index contributed by atoms with van der Waals surface area (Å²) < 4.78 is 17.8. The molecule has 0 spiro atoms. The summed E-state index contributed by atoms with van der Waals surface area (Å²) in [6.45, 7) is 3.81. The van der Waals surface area contributed by atoms with Gasteiger partial charge in [0.05, 0.1) is 7.11 Å². The molecule has 1 atom stereocenters. The van der Waals surface area contributed by atoms with E-state index in [1.165, 1.54) is 19.2 Å². The number of nitrogens with one attached hydrogen (secondary N) is 1. The smallest absolute Gasteiger partial charge is 0.328 e. The summed E-state index contributed by atoms with van der Waals surface area (Å²) in [6, 6.07) is 10.4. The van der Waals surface area contributed by atoms with E-state index in [0.717, 1.165) is 16.7 Å². The van der Waals surface area contributed by atoms with Gasteiger partial charge in [0.15, 0.2) is 0 Å². The first-order chi connectivity index (χ1) is 11.4. The van der Waals surface area contributed by atoms with Crippen LogP contribution in [0.4, 0.5) is 4.39 Å². The summed E-state index contributed by atoms with van der Waals surface area (Å²) in [6.07, 6.45) is 0.226. The number of halogens is 1. The van der Waals surface area contributed by atoms with E-state index < -0.39 is 12.0 Å². The van der Waals surface area contributed by atoms with Crippen LogP contribution in [-0.4, -0.2) is 25.0 Å². The number of aryl methyl sites for hydroxylation is 2. The van der Waals surface area contributed by atoms with Crippen LogP contribution in [0.3, 0.4) is 0 Å². The van der Waals surface area contributed by atoms with Gasteiger partial charge in [0.1, 0.15) is 11.9 Å². The highest BCUT2D eigenvalue weighted by Gasteiger charge is 2.22. The molecule has 2 aromatic carbocycles. The van der Waals surface area contributed by atoms with Crippen LogP contribution in [-0.2, 0) is 16.0 Å². The Morgan fingerprint density at radius 2 is 1.67 bits per heavy atom. The van der Waals surface area contributed by atoms with Crippen molar-refractivity contribution in [1.82, 2.24) is 5.32 Å². The molecule has 0 aromatic heterocycles. The molecule has 0 radical (unpaired) electrons. The van der Waals surface area contributed by atoms with Crippen LogP contribution in [0, 0.1) is 19.7 Å². The molecule has 0 unspecified atom stereocenters. The van der Waals surface area contributed by atoms with Gasteiger partial charge in [-0.25, -0.2) is 9.18 Å². The molecule has 1 amide bonds. The fraction of sp³-hybridized carbons (Fsp3) is 0.263. The summed E-state index contributed by atoms with van der Waals surface area (Å²) in [4.78, 5) is 24.4. The van der Waals surface area contributed by atoms with Crippen LogP contribution in [0.15, 0.2) is 42.5 Å². The van der Waals surface area contributed by atoms with E-state index in [4.69, 9.17) is 4.74 Å². The van der Waals surface area contributed by atoms with E-state index in [0.29, 0.717) is 5.56 Å². The Morgan fingerprint density at radius 3 is 2.21 bits per heavy atom. The Morgan fingerprint density at radius 1 is 1.08 bits per heavy atom. The standard InChI is InChI=1S/C19H20FNO3/c1-12-8-13(2)10-15(9-12)18(22)21-17(19(23)24-3)11-14-4-6-16(20)7-5-14/h4-10,17H,11H2,1-3H3,(H,21,22)/t17-/m1/s1. The van der Waals surface area contributed by atoms with Crippen LogP contribution in [0.5, 0.6) is 0 Å². The maximum atomic E-state index is 13.0. The van der Waals surface area contributed by atoms with Crippen molar-refractivity contribution in [2.24, 2.45) is 0 Å². The molecule has 0 bridgehead atoms. The van der Waals surface area contributed by atoms with Crippen LogP contribution in [0.2, 0.25) is 0 Å². The number of rotatable bonds is 5. The van der Waals surface area contributed by atoms with Crippen molar-refractivity contribution in [3.63, 3.8) is 0 Å². The van der Waals surface area contributed by atoms with Crippen molar-refractivity contribution in [3.8, 4) is 0 Å². The number of esters is 1. The van der Waals surface area contributed by atoms with Gasteiger partial charge in [0.25, 0.3) is 5.91 Å². The van der Waals surface area contributed by atoms with Crippen LogP contribution < -0.4 is 5.32 Å². The molecule has 0 heterocycles. The molecule has 0 aliphatic carbocycles. The Bertz CT molecular complexity index is 721. The summed E-state index contributed by atoms with van der Waals surface area (Å²) in [5.74, 6) is -1.25. The monoisotopic (exact) mass is 329 g/mol. The van der Waals surface area contributed by atoms with Gasteiger partial charge in [-0.05, 0) is 43.7 Å². The number of carbonyl (C=O) groups is 2. The average Bonchev–Trinajstić information content (AvgIpc) is 2.54. The predicted octanol–water partition coefficient (Wildman–Crippen LogP) is 2.96. The first-order valence-electron chi connectivity index (χ1n) is 7.60. The zero-order chi connectivity index (χ0) is 17.7. The molecular weight excluding hydrogens is 309 g/mol. The maximum Gasteiger partial charge on any atom is 0.328 e. The molecule has 0 aliphatic heterocycles. The van der Waals surface area contributed by atoms with Crippen LogP contribution >= 0.6 is 0 Å². The van der Waals surface area contributed by atoms with Gasteiger partial charge in [0.2, 0.25) is 0 Å². The fourth-order valence-electron chi connectivity index (χ4n) is 2.54. The van der Waals surface area contributed by atoms with Gasteiger partial charge in [0, 0.05) is 12.0 Å². The Balaban J connectivity index is 2.17. The third-order valence-electron chi connectivity index (χ3n) is 3.63. The third-order valence-corrected chi connectivity index (χ3v) is 3.63. The van der Waals surface area contributed by atoms with Gasteiger partial charge in [-0.1, -0.05) is 29.3 Å². The lowest BCUT2D eigenvalue weighted by Gasteiger charge is -2.17. The quantitative estimate of drug-likeness (QED) is 0.858. The number of benzene rings is 2. The van der Waals surface area contributed by atoms with Gasteiger partial charge >= 0.3 is 5.97 Å². The lowest BCUT2D eigenvalue weighted by atomic mass is 10.0. The van der Waals surface area contributed by atoms with Crippen LogP contribution in [0.25, 0.3) is 0 Å². The summed E-state index contributed by atoms with van der Waals surface area (Å²) >= 11 is 0. The summed E-state index contributed by atoms with van der Waals surface area (Å²) in [7, 11) is 1.27. The van der Waals surface area contributed by atoms with E-state index in [1.807, 2.05) is 19.9 Å². The number of hydrogen-bond donors (Lipinski definition) is 1. The van der Waals surface area contributed by atoms with E-state index in [9.17, 15) is 14.0 Å². The van der Waals surface area contributed by atoms with Crippen LogP contribution in [0.1, 0.15) is 27.0 Å². The van der Waals surface area contributed by atoms with E-state index in [-0.39, 0.29) is 18.1 Å². The van der Waals surface area contributed by atoms with Crippen molar-refractivity contribution >= 4 is 11.9 Å². The normalized spacial score (nSPS) is 11.7. The lowest BCUT2D eigenvalue weighted by Crippen LogP contribution is -2.43. The largest absolute Gasteiger partial charge is 0.467 e. The maximum absolute atomic E-state index is 13.0. The molecule has 0 aliphatic rings. The summed E-state index contributed by atoms with van der Waals surface area (Å²) in [5, 5.41) is 2.69. The average molecular weight is 329 g/mol. The highest BCUT2D eigenvalue weighted by atomic mass is 19.1. The molecular formula is C19H20FNO3. The van der Waals surface area contributed by atoms with Crippen molar-refractivity contribution in [2.75, 3.05) is 7.11 Å². The predicted molar refractivity (Wildman–Crippen MR) is 89.3 cm³/mol. The van der Waals surface area contributed by atoms with E-state index in [1.54, 1.807) is 24.3 Å². The highest BCUT2D eigenvalue weighted by molar-refractivity contribution is 5.97. The van der Waals surface area contributed by atoms with Gasteiger partial charge < -0.3 is 10.1 Å². The first kappa shape index (κ1) is 17.7. The second-order valence-corrected chi connectivity index (χ2v) is 5.76.